The lowest BCUT2D eigenvalue weighted by Crippen LogP contribution is -2.41. The van der Waals surface area contributed by atoms with Crippen molar-refractivity contribution in [2.45, 2.75) is 90.8 Å². The van der Waals surface area contributed by atoms with E-state index in [0.717, 1.165) is 41.0 Å². The second-order valence-electron chi connectivity index (χ2n) is 13.7. The van der Waals surface area contributed by atoms with Crippen molar-refractivity contribution in [2.75, 3.05) is 44.2 Å². The molecule has 0 aliphatic carbocycles. The van der Waals surface area contributed by atoms with Crippen molar-refractivity contribution in [3.05, 3.63) is 18.1 Å². The van der Waals surface area contributed by atoms with Gasteiger partial charge in [-0.25, -0.2) is 24.8 Å². The zero-order valence-corrected chi connectivity index (χ0v) is 26.3. The fourth-order valence-electron chi connectivity index (χ4n) is 4.69. The minimum atomic E-state index is -0.642. The maximum atomic E-state index is 12.5. The monoisotopic (exact) mass is 562 g/mol. The predicted molar refractivity (Wildman–Crippen MR) is 159 cm³/mol. The number of hydrogen-bond donors (Lipinski definition) is 0. The number of nitrogens with zero attached hydrogens (tertiary/aromatic N) is 4. The van der Waals surface area contributed by atoms with Crippen LogP contribution in [0.25, 0.3) is 11.0 Å². The molecule has 11 heteroatoms. The fraction of sp³-hybridized carbons (Fsp3) is 0.750. The molecule has 4 heterocycles. The Kier molecular flexibility index (Phi) is 8.41. The Labute approximate surface area is 235 Å². The first-order chi connectivity index (χ1) is 18.0. The SMILES string of the molecule is CC(C)(C)OC(=O)N1CCC(c2ncc3c(cc(B4OC(C)(C)C(C)(C)O4)n3COCCS(C)(C)C)n2)CC1. The van der Waals surface area contributed by atoms with Gasteiger partial charge in [0, 0.05) is 24.8 Å². The van der Waals surface area contributed by atoms with Crippen molar-refractivity contribution in [3.63, 3.8) is 0 Å². The summed E-state index contributed by atoms with van der Waals surface area (Å²) in [5.41, 5.74) is 1.24. The van der Waals surface area contributed by atoms with Gasteiger partial charge in [-0.3, -0.25) is 0 Å². The van der Waals surface area contributed by atoms with Gasteiger partial charge >= 0.3 is 13.2 Å². The van der Waals surface area contributed by atoms with Gasteiger partial charge in [-0.05, 0) is 86.1 Å². The number of likely N-dealkylation sites (tertiary alicyclic amines) is 1. The highest BCUT2D eigenvalue weighted by Crippen LogP contribution is 2.37. The van der Waals surface area contributed by atoms with Crippen molar-refractivity contribution in [1.82, 2.24) is 19.4 Å². The minimum Gasteiger partial charge on any atom is -0.444 e. The van der Waals surface area contributed by atoms with Crippen LogP contribution >= 0.6 is 10.0 Å². The highest BCUT2D eigenvalue weighted by molar-refractivity contribution is 8.32. The summed E-state index contributed by atoms with van der Waals surface area (Å²) in [6.07, 6.45) is 10.1. The molecule has 2 saturated heterocycles. The summed E-state index contributed by atoms with van der Waals surface area (Å²) in [5, 5.41) is 0. The van der Waals surface area contributed by atoms with Gasteiger partial charge in [0.25, 0.3) is 0 Å². The van der Waals surface area contributed by atoms with E-state index in [1.807, 2.05) is 27.0 Å². The van der Waals surface area contributed by atoms with Crippen LogP contribution in [0.15, 0.2) is 12.3 Å². The standard InChI is InChI=1S/C28H47BN4O5S/c1-26(2,3)36-25(34)32-13-11-20(12-14-32)24-30-18-22-21(31-24)17-23(29-37-27(4,5)28(6,7)38-29)33(22)19-35-15-16-39(8,9)10/h17-18,20H,11-16,19H2,1-10H3. The van der Waals surface area contributed by atoms with E-state index in [1.165, 1.54) is 0 Å². The van der Waals surface area contributed by atoms with E-state index >= 15 is 0 Å². The Hall–Kier alpha value is -1.82. The van der Waals surface area contributed by atoms with E-state index in [2.05, 4.69) is 57.1 Å². The van der Waals surface area contributed by atoms with E-state index in [4.69, 9.17) is 28.8 Å². The first kappa shape index (κ1) is 30.2. The van der Waals surface area contributed by atoms with Crippen LogP contribution in [0.2, 0.25) is 0 Å². The molecule has 9 nitrogen and oxygen atoms in total. The van der Waals surface area contributed by atoms with Crippen LogP contribution in [-0.2, 0) is 25.5 Å². The number of fused-ring (bicyclic) bond motifs is 1. The van der Waals surface area contributed by atoms with Crippen LogP contribution in [0.1, 0.15) is 73.1 Å². The molecule has 0 saturated carbocycles. The first-order valence-electron chi connectivity index (χ1n) is 13.9. The molecular weight excluding hydrogens is 515 g/mol. The average Bonchev–Trinajstić information content (AvgIpc) is 3.27. The Morgan fingerprint density at radius 1 is 1.13 bits per heavy atom. The Morgan fingerprint density at radius 2 is 1.74 bits per heavy atom. The first-order valence-corrected chi connectivity index (χ1v) is 16.9. The van der Waals surface area contributed by atoms with Crippen LogP contribution in [0.5, 0.6) is 0 Å². The predicted octanol–water partition coefficient (Wildman–Crippen LogP) is 4.51. The second kappa shape index (κ2) is 10.9. The number of carbonyl (C=O) groups is 1. The van der Waals surface area contributed by atoms with Gasteiger partial charge in [0.2, 0.25) is 0 Å². The number of rotatable bonds is 7. The molecule has 2 aliphatic rings. The molecule has 218 valence electrons. The highest BCUT2D eigenvalue weighted by atomic mass is 32.3. The van der Waals surface area contributed by atoms with Gasteiger partial charge in [-0.15, -0.1) is 0 Å². The van der Waals surface area contributed by atoms with E-state index in [1.54, 1.807) is 4.90 Å². The molecule has 0 aromatic carbocycles. The zero-order valence-electron chi connectivity index (χ0n) is 25.5. The number of amides is 1. The van der Waals surface area contributed by atoms with E-state index in [9.17, 15) is 4.79 Å². The van der Waals surface area contributed by atoms with Crippen LogP contribution in [0.4, 0.5) is 4.79 Å². The van der Waals surface area contributed by atoms with Crippen LogP contribution in [0, 0.1) is 0 Å². The van der Waals surface area contributed by atoms with Crippen molar-refractivity contribution < 1.29 is 23.6 Å². The molecule has 0 N–H and O–H groups in total. The molecule has 0 atom stereocenters. The molecule has 0 radical (unpaired) electrons. The van der Waals surface area contributed by atoms with E-state index in [0.29, 0.717) is 26.4 Å². The second-order valence-corrected chi connectivity index (χ2v) is 18.2. The number of hydrogen-bond acceptors (Lipinski definition) is 7. The van der Waals surface area contributed by atoms with Gasteiger partial charge in [0.15, 0.2) is 0 Å². The summed E-state index contributed by atoms with van der Waals surface area (Å²) in [5.74, 6) is 2.03. The van der Waals surface area contributed by atoms with E-state index in [-0.39, 0.29) is 12.0 Å². The third-order valence-electron chi connectivity index (χ3n) is 7.77. The summed E-state index contributed by atoms with van der Waals surface area (Å²) in [6, 6.07) is 2.05. The van der Waals surface area contributed by atoms with Gasteiger partial charge in [-0.2, -0.15) is 0 Å². The number of aromatic nitrogens is 3. The van der Waals surface area contributed by atoms with Crippen LogP contribution in [-0.4, -0.2) is 93.7 Å². The molecule has 2 aliphatic heterocycles. The van der Waals surface area contributed by atoms with E-state index < -0.39 is 33.9 Å². The molecule has 2 aromatic heterocycles. The van der Waals surface area contributed by atoms with Gasteiger partial charge in [0.1, 0.15) is 18.2 Å². The van der Waals surface area contributed by atoms with Crippen LogP contribution < -0.4 is 5.59 Å². The summed E-state index contributed by atoms with van der Waals surface area (Å²) >= 11 is 0. The maximum absolute atomic E-state index is 12.5. The van der Waals surface area contributed by atoms with Crippen molar-refractivity contribution in [1.29, 1.82) is 0 Å². The van der Waals surface area contributed by atoms with Gasteiger partial charge in [-0.1, -0.05) is 0 Å². The number of piperidine rings is 1. The summed E-state index contributed by atoms with van der Waals surface area (Å²) in [7, 11) is -1.17. The highest BCUT2D eigenvalue weighted by Gasteiger charge is 2.53. The van der Waals surface area contributed by atoms with Crippen molar-refractivity contribution in [3.8, 4) is 0 Å². The topological polar surface area (TPSA) is 87.9 Å². The molecular formula is C28H47BN4O5S. The fourth-order valence-corrected chi connectivity index (χ4v) is 5.30. The Bertz CT molecular complexity index is 1160. The third kappa shape index (κ3) is 7.10. The molecule has 0 unspecified atom stereocenters. The third-order valence-corrected chi connectivity index (χ3v) is 9.16. The summed E-state index contributed by atoms with van der Waals surface area (Å²) < 4.78 is 26.6. The summed E-state index contributed by atoms with van der Waals surface area (Å²) in [6.45, 7) is 16.2. The molecule has 0 spiro atoms. The average molecular weight is 563 g/mol. The lowest BCUT2D eigenvalue weighted by atomic mass is 9.84. The molecule has 0 bridgehead atoms. The number of carbonyl (C=O) groups excluding carboxylic acids is 1. The van der Waals surface area contributed by atoms with Crippen LogP contribution in [0.3, 0.4) is 0 Å². The lowest BCUT2D eigenvalue weighted by Gasteiger charge is -2.32. The van der Waals surface area contributed by atoms with Crippen molar-refractivity contribution in [2.24, 2.45) is 0 Å². The molecule has 1 amide bonds. The van der Waals surface area contributed by atoms with Gasteiger partial charge < -0.3 is 28.2 Å². The van der Waals surface area contributed by atoms with Crippen molar-refractivity contribution >= 4 is 39.9 Å². The quantitative estimate of drug-likeness (QED) is 0.363. The normalized spacial score (nSPS) is 20.6. The number of ether oxygens (including phenoxy) is 2. The zero-order chi connectivity index (χ0) is 28.8. The Morgan fingerprint density at radius 3 is 2.31 bits per heavy atom. The van der Waals surface area contributed by atoms with Gasteiger partial charge in [0.05, 0.1) is 40.6 Å². The Balaban J connectivity index is 1.55. The maximum Gasteiger partial charge on any atom is 0.512 e. The lowest BCUT2D eigenvalue weighted by molar-refractivity contribution is 0.00578. The summed E-state index contributed by atoms with van der Waals surface area (Å²) in [4.78, 5) is 24.0. The molecule has 39 heavy (non-hydrogen) atoms. The minimum absolute atomic E-state index is 0.183. The molecule has 2 fully saturated rings. The molecule has 2 aromatic rings. The molecule has 4 rings (SSSR count). The smallest absolute Gasteiger partial charge is 0.444 e. The largest absolute Gasteiger partial charge is 0.512 e.